The third kappa shape index (κ3) is 6.22. The molecule has 12 heteroatoms. The predicted octanol–water partition coefficient (Wildman–Crippen LogP) is 5.47. The average molecular weight is 581 g/mol. The van der Waals surface area contributed by atoms with Gasteiger partial charge in [-0.1, -0.05) is 18.2 Å². The van der Waals surface area contributed by atoms with E-state index in [1.54, 1.807) is 42.5 Å². The number of hydrogen-bond acceptors (Lipinski definition) is 7. The van der Waals surface area contributed by atoms with Crippen LogP contribution in [-0.2, 0) is 32.8 Å². The second-order valence-electron chi connectivity index (χ2n) is 8.99. The molecule has 0 radical (unpaired) electrons. The molecule has 0 heterocycles. The predicted molar refractivity (Wildman–Crippen MR) is 135 cm³/mol. The van der Waals surface area contributed by atoms with Crippen molar-refractivity contribution in [2.75, 3.05) is 0 Å². The summed E-state index contributed by atoms with van der Waals surface area (Å²) < 4.78 is 87.2. The highest BCUT2D eigenvalue weighted by Gasteiger charge is 2.48. The summed E-state index contributed by atoms with van der Waals surface area (Å²) >= 11 is 0. The minimum absolute atomic E-state index is 0.105. The Labute approximate surface area is 223 Å². The first kappa shape index (κ1) is 28.5. The highest BCUT2D eigenvalue weighted by molar-refractivity contribution is 7.91. The maximum atomic E-state index is 12.5. The van der Waals surface area contributed by atoms with Gasteiger partial charge < -0.3 is 4.18 Å². The first-order valence-corrected chi connectivity index (χ1v) is 14.8. The Kier molecular flexibility index (Phi) is 7.99. The number of hydrogen-bond donors (Lipinski definition) is 0. The molecule has 2 aliphatic rings. The first-order valence-electron chi connectivity index (χ1n) is 11.9. The zero-order valence-electron chi connectivity index (χ0n) is 20.4. The fourth-order valence-electron chi connectivity index (χ4n) is 4.37. The number of rotatable bonds is 4. The molecule has 0 bridgehead atoms. The number of benzene rings is 3. The van der Waals surface area contributed by atoms with Crippen molar-refractivity contribution in [3.8, 4) is 5.75 Å². The summed E-state index contributed by atoms with van der Waals surface area (Å²) in [4.78, 5) is 23.8. The van der Waals surface area contributed by atoms with E-state index in [4.69, 9.17) is 0 Å². The molecule has 0 spiro atoms. The number of halogens is 3. The summed E-state index contributed by atoms with van der Waals surface area (Å²) in [6.07, 6.45) is 3.58. The monoisotopic (exact) mass is 580 g/mol. The van der Waals surface area contributed by atoms with Crippen molar-refractivity contribution in [3.05, 3.63) is 89.0 Å². The van der Waals surface area contributed by atoms with Gasteiger partial charge in [-0.15, -0.1) is 0 Å². The van der Waals surface area contributed by atoms with Crippen LogP contribution >= 0.6 is 0 Å². The second-order valence-corrected chi connectivity index (χ2v) is 12.5. The molecule has 0 amide bonds. The SMILES string of the molecule is O=C1CCCc2cc(OS(=O)(=O)C(F)(F)F)ccc21.O=C1CCCc2cc(S(=O)(=O)c3ccccc3)ccc21. The van der Waals surface area contributed by atoms with Gasteiger partial charge in [0.1, 0.15) is 5.75 Å². The molecule has 2 aliphatic carbocycles. The zero-order chi connectivity index (χ0) is 28.4. The maximum absolute atomic E-state index is 12.5. The summed E-state index contributed by atoms with van der Waals surface area (Å²) in [7, 11) is -9.18. The molecule has 0 unspecified atom stereocenters. The van der Waals surface area contributed by atoms with E-state index >= 15 is 0 Å². The minimum atomic E-state index is -5.68. The van der Waals surface area contributed by atoms with Crippen molar-refractivity contribution in [1.82, 2.24) is 0 Å². The van der Waals surface area contributed by atoms with Crippen LogP contribution in [0.1, 0.15) is 57.5 Å². The molecule has 0 N–H and O–H groups in total. The standard InChI is InChI=1S/C16H14O3S.C11H9F3O4S/c17-16-8-4-5-12-11-14(9-10-15(12)16)20(18,19)13-6-2-1-3-7-13;12-11(13,14)19(16,17)18-8-4-5-9-7(6-8)2-1-3-10(9)15/h1-3,6-7,9-11H,4-5,8H2;4-6H,1-3H2. The Hall–Kier alpha value is -3.51. The number of fused-ring (bicyclic) bond motifs is 2. The molecule has 3 aromatic rings. The van der Waals surface area contributed by atoms with E-state index < -0.39 is 31.2 Å². The maximum Gasteiger partial charge on any atom is 0.534 e. The second kappa shape index (κ2) is 10.9. The van der Waals surface area contributed by atoms with Gasteiger partial charge in [0.05, 0.1) is 9.79 Å². The van der Waals surface area contributed by atoms with E-state index in [1.807, 2.05) is 0 Å². The fraction of sp³-hybridized carbons (Fsp3) is 0.259. The molecular formula is C27H23F3O7S2. The summed E-state index contributed by atoms with van der Waals surface area (Å²) in [5.41, 5.74) is -3.05. The van der Waals surface area contributed by atoms with Crippen LogP contribution in [0, 0.1) is 0 Å². The Bertz CT molecular complexity index is 1630. The van der Waals surface area contributed by atoms with E-state index in [0.29, 0.717) is 42.4 Å². The van der Waals surface area contributed by atoms with Crippen LogP contribution < -0.4 is 4.18 Å². The van der Waals surface area contributed by atoms with Crippen LogP contribution in [0.2, 0.25) is 0 Å². The van der Waals surface area contributed by atoms with Crippen molar-refractivity contribution < 1.29 is 43.8 Å². The van der Waals surface area contributed by atoms with Gasteiger partial charge >= 0.3 is 15.6 Å². The molecule has 0 fully saturated rings. The number of sulfone groups is 1. The molecule has 0 saturated carbocycles. The first-order chi connectivity index (χ1) is 18.3. The number of carbonyl (C=O) groups is 2. The third-order valence-corrected chi connectivity index (χ3v) is 9.05. The quantitative estimate of drug-likeness (QED) is 0.297. The fourth-order valence-corrected chi connectivity index (χ4v) is 6.16. The van der Waals surface area contributed by atoms with Crippen LogP contribution in [0.4, 0.5) is 13.2 Å². The van der Waals surface area contributed by atoms with E-state index in [2.05, 4.69) is 4.18 Å². The minimum Gasteiger partial charge on any atom is -0.376 e. The molecule has 0 saturated heterocycles. The van der Waals surface area contributed by atoms with Gasteiger partial charge in [-0.05, 0) is 85.3 Å². The largest absolute Gasteiger partial charge is 0.534 e. The van der Waals surface area contributed by atoms with Crippen LogP contribution in [0.5, 0.6) is 5.75 Å². The number of alkyl halides is 3. The third-order valence-electron chi connectivity index (χ3n) is 6.31. The molecule has 39 heavy (non-hydrogen) atoms. The van der Waals surface area contributed by atoms with Gasteiger partial charge in [0.15, 0.2) is 11.6 Å². The summed E-state index contributed by atoms with van der Waals surface area (Å²) in [5.74, 6) is -0.438. The van der Waals surface area contributed by atoms with Gasteiger partial charge in [-0.2, -0.15) is 21.6 Å². The number of carbonyl (C=O) groups excluding carboxylic acids is 2. The van der Waals surface area contributed by atoms with E-state index in [-0.39, 0.29) is 21.4 Å². The van der Waals surface area contributed by atoms with Gasteiger partial charge in [-0.3, -0.25) is 9.59 Å². The topological polar surface area (TPSA) is 112 Å². The van der Waals surface area contributed by atoms with Crippen molar-refractivity contribution in [3.63, 3.8) is 0 Å². The summed E-state index contributed by atoms with van der Waals surface area (Å²) in [6.45, 7) is 0. The van der Waals surface area contributed by atoms with E-state index in [0.717, 1.165) is 30.5 Å². The number of Topliss-reactive ketones (excluding diaryl/α,β-unsaturated/α-hetero) is 2. The van der Waals surface area contributed by atoms with Crippen molar-refractivity contribution >= 4 is 31.5 Å². The molecule has 0 aliphatic heterocycles. The number of aryl methyl sites for hydroxylation is 2. The van der Waals surface area contributed by atoms with E-state index in [1.165, 1.54) is 12.1 Å². The average Bonchev–Trinajstić information content (AvgIpc) is 2.89. The lowest BCUT2D eigenvalue weighted by atomic mass is 9.91. The van der Waals surface area contributed by atoms with Crippen molar-refractivity contribution in [2.24, 2.45) is 0 Å². The van der Waals surface area contributed by atoms with Gasteiger partial charge in [0.2, 0.25) is 9.84 Å². The van der Waals surface area contributed by atoms with Crippen LogP contribution in [0.25, 0.3) is 0 Å². The lowest BCUT2D eigenvalue weighted by Crippen LogP contribution is -2.28. The zero-order valence-corrected chi connectivity index (χ0v) is 22.0. The lowest BCUT2D eigenvalue weighted by Gasteiger charge is -2.16. The normalized spacial score (nSPS) is 15.5. The van der Waals surface area contributed by atoms with Gasteiger partial charge in [0.25, 0.3) is 0 Å². The molecule has 0 aromatic heterocycles. The lowest BCUT2D eigenvalue weighted by molar-refractivity contribution is -0.0500. The Morgan fingerprint density at radius 2 is 1.18 bits per heavy atom. The van der Waals surface area contributed by atoms with Crippen LogP contribution in [-0.4, -0.2) is 33.9 Å². The summed E-state index contributed by atoms with van der Waals surface area (Å²) in [6, 6.07) is 16.7. The highest BCUT2D eigenvalue weighted by atomic mass is 32.2. The van der Waals surface area contributed by atoms with Crippen LogP contribution in [0.15, 0.2) is 76.5 Å². The molecule has 7 nitrogen and oxygen atoms in total. The Balaban J connectivity index is 0.000000181. The van der Waals surface area contributed by atoms with Gasteiger partial charge in [0, 0.05) is 24.0 Å². The Morgan fingerprint density at radius 1 is 0.641 bits per heavy atom. The van der Waals surface area contributed by atoms with E-state index in [9.17, 15) is 39.6 Å². The highest BCUT2D eigenvalue weighted by Crippen LogP contribution is 2.30. The molecular weight excluding hydrogens is 557 g/mol. The smallest absolute Gasteiger partial charge is 0.376 e. The number of ketones is 2. The molecule has 206 valence electrons. The van der Waals surface area contributed by atoms with Crippen LogP contribution in [0.3, 0.4) is 0 Å². The molecule has 0 atom stereocenters. The Morgan fingerprint density at radius 3 is 1.74 bits per heavy atom. The summed E-state index contributed by atoms with van der Waals surface area (Å²) in [5, 5.41) is 0. The molecule has 5 rings (SSSR count). The van der Waals surface area contributed by atoms with Crippen molar-refractivity contribution in [1.29, 1.82) is 0 Å². The van der Waals surface area contributed by atoms with Crippen molar-refractivity contribution in [2.45, 2.75) is 53.8 Å². The van der Waals surface area contributed by atoms with Gasteiger partial charge in [-0.25, -0.2) is 8.42 Å². The molecule has 3 aromatic carbocycles.